The number of nitrogens with one attached hydrogen (secondary N) is 1. The van der Waals surface area contributed by atoms with Crippen molar-refractivity contribution in [3.63, 3.8) is 0 Å². The first-order valence-electron chi connectivity index (χ1n) is 5.82. The second-order valence-corrected chi connectivity index (χ2v) is 4.81. The molecule has 1 heterocycles. The number of carbonyl (C=O) groups excluding carboxylic acids is 1. The van der Waals surface area contributed by atoms with Crippen molar-refractivity contribution in [2.45, 2.75) is 13.0 Å². The van der Waals surface area contributed by atoms with Crippen molar-refractivity contribution in [2.24, 2.45) is 7.05 Å². The minimum Gasteiger partial charge on any atom is -0.398 e. The molecule has 2 rings (SSSR count). The summed E-state index contributed by atoms with van der Waals surface area (Å²) >= 11 is 5.80. The molecule has 1 atom stereocenters. The maximum atomic E-state index is 12.1. The summed E-state index contributed by atoms with van der Waals surface area (Å²) in [7, 11) is 1.83. The van der Waals surface area contributed by atoms with Gasteiger partial charge in [-0.05, 0) is 25.1 Å². The van der Waals surface area contributed by atoms with Crippen LogP contribution in [0.25, 0.3) is 0 Å². The number of nitrogen functional groups attached to an aromatic ring is 1. The van der Waals surface area contributed by atoms with Gasteiger partial charge in [0.15, 0.2) is 0 Å². The SMILES string of the molecule is CC(NC(=O)c1ccc(Cl)cc1N)c1cnn(C)c1. The Hall–Kier alpha value is -2.01. The van der Waals surface area contributed by atoms with E-state index >= 15 is 0 Å². The molecule has 1 amide bonds. The summed E-state index contributed by atoms with van der Waals surface area (Å²) in [4.78, 5) is 12.1. The highest BCUT2D eigenvalue weighted by atomic mass is 35.5. The molecule has 5 nitrogen and oxygen atoms in total. The van der Waals surface area contributed by atoms with Gasteiger partial charge in [-0.15, -0.1) is 0 Å². The molecule has 0 spiro atoms. The molecule has 0 saturated heterocycles. The third-order valence-corrected chi connectivity index (χ3v) is 3.07. The number of amides is 1. The van der Waals surface area contributed by atoms with Gasteiger partial charge in [0.05, 0.1) is 17.8 Å². The fourth-order valence-electron chi connectivity index (χ4n) is 1.76. The van der Waals surface area contributed by atoms with Crippen LogP contribution in [-0.4, -0.2) is 15.7 Å². The van der Waals surface area contributed by atoms with Gasteiger partial charge < -0.3 is 11.1 Å². The number of carbonyl (C=O) groups is 1. The maximum absolute atomic E-state index is 12.1. The highest BCUT2D eigenvalue weighted by molar-refractivity contribution is 6.31. The molecule has 0 radical (unpaired) electrons. The van der Waals surface area contributed by atoms with Crippen LogP contribution in [0.5, 0.6) is 0 Å². The second kappa shape index (κ2) is 5.32. The van der Waals surface area contributed by atoms with Gasteiger partial charge in [-0.1, -0.05) is 11.6 Å². The van der Waals surface area contributed by atoms with Crippen molar-refractivity contribution in [3.05, 3.63) is 46.7 Å². The van der Waals surface area contributed by atoms with E-state index in [1.807, 2.05) is 20.2 Å². The lowest BCUT2D eigenvalue weighted by Gasteiger charge is -2.13. The number of rotatable bonds is 3. The Morgan fingerprint density at radius 1 is 1.53 bits per heavy atom. The summed E-state index contributed by atoms with van der Waals surface area (Å²) in [6.45, 7) is 1.89. The molecule has 0 fully saturated rings. The van der Waals surface area contributed by atoms with Gasteiger partial charge in [-0.2, -0.15) is 5.10 Å². The molecule has 0 saturated carbocycles. The summed E-state index contributed by atoms with van der Waals surface area (Å²) in [5.41, 5.74) is 7.49. The lowest BCUT2D eigenvalue weighted by Crippen LogP contribution is -2.27. The van der Waals surface area contributed by atoms with Gasteiger partial charge in [0.25, 0.3) is 5.91 Å². The fourth-order valence-corrected chi connectivity index (χ4v) is 1.94. The molecule has 0 aliphatic carbocycles. The average Bonchev–Trinajstić information content (AvgIpc) is 2.75. The zero-order chi connectivity index (χ0) is 14.0. The van der Waals surface area contributed by atoms with Crippen LogP contribution in [0.2, 0.25) is 5.02 Å². The van der Waals surface area contributed by atoms with Crippen LogP contribution in [0.3, 0.4) is 0 Å². The van der Waals surface area contributed by atoms with Crippen LogP contribution in [0.15, 0.2) is 30.6 Å². The summed E-state index contributed by atoms with van der Waals surface area (Å²) in [5.74, 6) is -0.231. The fraction of sp³-hybridized carbons (Fsp3) is 0.231. The van der Waals surface area contributed by atoms with E-state index in [-0.39, 0.29) is 11.9 Å². The number of halogens is 1. The Kier molecular flexibility index (Phi) is 3.76. The van der Waals surface area contributed by atoms with E-state index in [9.17, 15) is 4.79 Å². The summed E-state index contributed by atoms with van der Waals surface area (Å²) in [5, 5.41) is 7.45. The highest BCUT2D eigenvalue weighted by Crippen LogP contribution is 2.19. The number of hydrogen-bond acceptors (Lipinski definition) is 3. The zero-order valence-corrected chi connectivity index (χ0v) is 11.5. The van der Waals surface area contributed by atoms with Crippen LogP contribution in [0.1, 0.15) is 28.9 Å². The smallest absolute Gasteiger partial charge is 0.253 e. The Bertz CT molecular complexity index is 608. The number of benzene rings is 1. The second-order valence-electron chi connectivity index (χ2n) is 4.37. The molecule has 1 unspecified atom stereocenters. The van der Waals surface area contributed by atoms with Crippen LogP contribution in [0.4, 0.5) is 5.69 Å². The molecule has 1 aromatic heterocycles. The molecule has 3 N–H and O–H groups in total. The van der Waals surface area contributed by atoms with Gasteiger partial charge in [0.2, 0.25) is 0 Å². The van der Waals surface area contributed by atoms with Crippen LogP contribution in [-0.2, 0) is 7.05 Å². The third kappa shape index (κ3) is 3.06. The van der Waals surface area contributed by atoms with Gasteiger partial charge in [0.1, 0.15) is 0 Å². The minimum absolute atomic E-state index is 0.142. The largest absolute Gasteiger partial charge is 0.398 e. The van der Waals surface area contributed by atoms with E-state index in [0.29, 0.717) is 16.3 Å². The number of nitrogens with zero attached hydrogens (tertiary/aromatic N) is 2. The van der Waals surface area contributed by atoms with Crippen LogP contribution < -0.4 is 11.1 Å². The van der Waals surface area contributed by atoms with E-state index in [2.05, 4.69) is 10.4 Å². The van der Waals surface area contributed by atoms with Crippen molar-refractivity contribution < 1.29 is 4.79 Å². The first-order valence-corrected chi connectivity index (χ1v) is 6.19. The number of aromatic nitrogens is 2. The Morgan fingerprint density at radius 3 is 2.84 bits per heavy atom. The van der Waals surface area contributed by atoms with E-state index in [0.717, 1.165) is 5.56 Å². The molecule has 0 bridgehead atoms. The van der Waals surface area contributed by atoms with E-state index in [1.54, 1.807) is 29.1 Å². The molecule has 1 aromatic carbocycles. The lowest BCUT2D eigenvalue weighted by atomic mass is 10.1. The molecule has 6 heteroatoms. The number of nitrogens with two attached hydrogens (primary N) is 1. The van der Waals surface area contributed by atoms with Crippen LogP contribution >= 0.6 is 11.6 Å². The maximum Gasteiger partial charge on any atom is 0.253 e. The predicted octanol–water partition coefficient (Wildman–Crippen LogP) is 2.15. The average molecular weight is 279 g/mol. The summed E-state index contributed by atoms with van der Waals surface area (Å²) in [6, 6.07) is 4.67. The normalized spacial score (nSPS) is 12.2. The van der Waals surface area contributed by atoms with Gasteiger partial charge in [0, 0.05) is 29.5 Å². The van der Waals surface area contributed by atoms with Crippen molar-refractivity contribution in [3.8, 4) is 0 Å². The number of hydrogen-bond donors (Lipinski definition) is 2. The van der Waals surface area contributed by atoms with Crippen molar-refractivity contribution in [1.82, 2.24) is 15.1 Å². The van der Waals surface area contributed by atoms with E-state index < -0.39 is 0 Å². The van der Waals surface area contributed by atoms with Crippen molar-refractivity contribution >= 4 is 23.2 Å². The molecule has 2 aromatic rings. The number of anilines is 1. The third-order valence-electron chi connectivity index (χ3n) is 2.83. The number of aryl methyl sites for hydroxylation is 1. The minimum atomic E-state index is -0.231. The van der Waals surface area contributed by atoms with Gasteiger partial charge in [-0.3, -0.25) is 9.48 Å². The first-order chi connectivity index (χ1) is 8.97. The Morgan fingerprint density at radius 2 is 2.26 bits per heavy atom. The van der Waals surface area contributed by atoms with Gasteiger partial charge in [-0.25, -0.2) is 0 Å². The standard InChI is InChI=1S/C13H15ClN4O/c1-8(9-6-16-18(2)7-9)17-13(19)11-4-3-10(14)5-12(11)15/h3-8H,15H2,1-2H3,(H,17,19). The van der Waals surface area contributed by atoms with Crippen molar-refractivity contribution in [1.29, 1.82) is 0 Å². The molecule has 0 aliphatic rings. The van der Waals surface area contributed by atoms with Crippen molar-refractivity contribution in [2.75, 3.05) is 5.73 Å². The molecular weight excluding hydrogens is 264 g/mol. The summed E-state index contributed by atoms with van der Waals surface area (Å²) in [6.07, 6.45) is 3.58. The lowest BCUT2D eigenvalue weighted by molar-refractivity contribution is 0.0941. The molecular formula is C13H15ClN4O. The quantitative estimate of drug-likeness (QED) is 0.845. The Labute approximate surface area is 116 Å². The summed E-state index contributed by atoms with van der Waals surface area (Å²) < 4.78 is 1.69. The van der Waals surface area contributed by atoms with E-state index in [1.165, 1.54) is 0 Å². The van der Waals surface area contributed by atoms with Crippen LogP contribution in [0, 0.1) is 0 Å². The predicted molar refractivity (Wildman–Crippen MR) is 75.0 cm³/mol. The first kappa shape index (κ1) is 13.4. The molecule has 0 aliphatic heterocycles. The van der Waals surface area contributed by atoms with E-state index in [4.69, 9.17) is 17.3 Å². The Balaban J connectivity index is 2.12. The van der Waals surface area contributed by atoms with Gasteiger partial charge >= 0.3 is 0 Å². The topological polar surface area (TPSA) is 72.9 Å². The molecule has 19 heavy (non-hydrogen) atoms. The highest BCUT2D eigenvalue weighted by Gasteiger charge is 2.14. The molecule has 100 valence electrons. The zero-order valence-electron chi connectivity index (χ0n) is 10.7. The monoisotopic (exact) mass is 278 g/mol.